The molecule has 3 rings (SSSR count). The lowest BCUT2D eigenvalue weighted by Crippen LogP contribution is -2.14. The van der Waals surface area contributed by atoms with Gasteiger partial charge in [0.1, 0.15) is 0 Å². The summed E-state index contributed by atoms with van der Waals surface area (Å²) in [4.78, 5) is 25.6. The van der Waals surface area contributed by atoms with Crippen molar-refractivity contribution in [1.82, 2.24) is 0 Å². The fourth-order valence-electron chi connectivity index (χ4n) is 3.63. The van der Waals surface area contributed by atoms with Crippen molar-refractivity contribution in [2.75, 3.05) is 0 Å². The Morgan fingerprint density at radius 3 is 1.03 bits per heavy atom. The molecule has 0 N–H and O–H groups in total. The Labute approximate surface area is 204 Å². The standard InChI is InChI=1S/C26H17F9O2/c27-24(28,29)19-7-1-15(2-8-19)18(13-22(36)16-3-9-20(10-4-16)25(30,31)32)14-23(37)17-5-11-21(12-6-17)26(33,34)35/h1-12,18H,13-14H2. The van der Waals surface area contributed by atoms with Gasteiger partial charge in [-0.1, -0.05) is 36.4 Å². The van der Waals surface area contributed by atoms with Crippen molar-refractivity contribution in [3.05, 3.63) is 106 Å². The molecule has 0 aliphatic carbocycles. The van der Waals surface area contributed by atoms with E-state index in [1.165, 1.54) is 0 Å². The predicted molar refractivity (Wildman–Crippen MR) is 115 cm³/mol. The first kappa shape index (κ1) is 27.9. The maximum absolute atomic E-state index is 12.9. The average molecular weight is 532 g/mol. The van der Waals surface area contributed by atoms with Crippen LogP contribution in [0.4, 0.5) is 39.5 Å². The number of carbonyl (C=O) groups excluding carboxylic acids is 2. The highest BCUT2D eigenvalue weighted by atomic mass is 19.4. The fraction of sp³-hybridized carbons (Fsp3) is 0.231. The number of hydrogen-bond acceptors (Lipinski definition) is 2. The molecule has 2 nitrogen and oxygen atoms in total. The third kappa shape index (κ3) is 7.21. The van der Waals surface area contributed by atoms with Gasteiger partial charge >= 0.3 is 18.5 Å². The Kier molecular flexibility index (Phi) is 7.85. The van der Waals surface area contributed by atoms with Crippen LogP contribution in [0.2, 0.25) is 0 Å². The molecule has 0 spiro atoms. The summed E-state index contributed by atoms with van der Waals surface area (Å²) in [6, 6.07) is 10.3. The number of halogens is 9. The Hall–Kier alpha value is -3.63. The summed E-state index contributed by atoms with van der Waals surface area (Å²) in [5.74, 6) is -2.33. The largest absolute Gasteiger partial charge is 0.416 e. The van der Waals surface area contributed by atoms with Gasteiger partial charge in [0.15, 0.2) is 11.6 Å². The molecule has 0 unspecified atom stereocenters. The smallest absolute Gasteiger partial charge is 0.294 e. The lowest BCUT2D eigenvalue weighted by molar-refractivity contribution is -0.138. The Bertz CT molecular complexity index is 1160. The van der Waals surface area contributed by atoms with Crippen LogP contribution in [0.15, 0.2) is 72.8 Å². The van der Waals surface area contributed by atoms with E-state index in [2.05, 4.69) is 0 Å². The van der Waals surface area contributed by atoms with Crippen molar-refractivity contribution < 1.29 is 49.1 Å². The van der Waals surface area contributed by atoms with Crippen LogP contribution < -0.4 is 0 Å². The molecule has 0 bridgehead atoms. The molecule has 3 aromatic rings. The summed E-state index contributed by atoms with van der Waals surface area (Å²) in [5, 5.41) is 0. The van der Waals surface area contributed by atoms with Gasteiger partial charge in [-0.2, -0.15) is 39.5 Å². The molecule has 0 radical (unpaired) electrons. The first-order valence-electron chi connectivity index (χ1n) is 10.6. The lowest BCUT2D eigenvalue weighted by Gasteiger charge is -2.18. The molecule has 0 aliphatic heterocycles. The van der Waals surface area contributed by atoms with E-state index in [4.69, 9.17) is 0 Å². The minimum atomic E-state index is -4.64. The van der Waals surface area contributed by atoms with Crippen molar-refractivity contribution >= 4 is 11.6 Å². The van der Waals surface area contributed by atoms with Crippen LogP contribution in [0.1, 0.15) is 61.7 Å². The zero-order valence-corrected chi connectivity index (χ0v) is 18.6. The summed E-state index contributed by atoms with van der Waals surface area (Å²) in [6.45, 7) is 0. The Morgan fingerprint density at radius 2 is 0.757 bits per heavy atom. The number of ketones is 2. The van der Waals surface area contributed by atoms with Crippen LogP contribution >= 0.6 is 0 Å². The first-order chi connectivity index (χ1) is 17.1. The van der Waals surface area contributed by atoms with E-state index in [1.807, 2.05) is 0 Å². The van der Waals surface area contributed by atoms with Gasteiger partial charge in [-0.15, -0.1) is 0 Å². The number of benzene rings is 3. The van der Waals surface area contributed by atoms with Gasteiger partial charge < -0.3 is 0 Å². The van der Waals surface area contributed by atoms with Crippen LogP contribution in [0, 0.1) is 0 Å². The third-order valence-corrected chi connectivity index (χ3v) is 5.64. The molecule has 0 heterocycles. The first-order valence-corrected chi connectivity index (χ1v) is 10.6. The number of hydrogen-bond donors (Lipinski definition) is 0. The molecule has 196 valence electrons. The number of alkyl halides is 9. The van der Waals surface area contributed by atoms with E-state index in [1.54, 1.807) is 0 Å². The van der Waals surface area contributed by atoms with Crippen molar-refractivity contribution in [2.45, 2.75) is 37.3 Å². The number of Topliss-reactive ketones (excluding diaryl/α,β-unsaturated/α-hetero) is 2. The second-order valence-corrected chi connectivity index (χ2v) is 8.22. The van der Waals surface area contributed by atoms with Crippen LogP contribution in [0.25, 0.3) is 0 Å². The zero-order valence-electron chi connectivity index (χ0n) is 18.6. The second kappa shape index (κ2) is 10.4. The summed E-state index contributed by atoms with van der Waals surface area (Å²) in [7, 11) is 0. The SMILES string of the molecule is O=C(CC(CC(=O)c1ccc(C(F)(F)F)cc1)c1ccc(C(F)(F)F)cc1)c1ccc(C(F)(F)F)cc1. The average Bonchev–Trinajstić information content (AvgIpc) is 2.82. The van der Waals surface area contributed by atoms with E-state index in [-0.39, 0.29) is 16.7 Å². The second-order valence-electron chi connectivity index (χ2n) is 8.22. The minimum Gasteiger partial charge on any atom is -0.294 e. The maximum atomic E-state index is 12.9. The summed E-state index contributed by atoms with van der Waals surface area (Å²) >= 11 is 0. The van der Waals surface area contributed by atoms with Gasteiger partial charge in [-0.25, -0.2) is 0 Å². The summed E-state index contributed by atoms with van der Waals surface area (Å²) in [6.07, 6.45) is -14.8. The maximum Gasteiger partial charge on any atom is 0.416 e. The Morgan fingerprint density at radius 1 is 0.486 bits per heavy atom. The van der Waals surface area contributed by atoms with Gasteiger partial charge in [0.2, 0.25) is 0 Å². The molecule has 11 heteroatoms. The van der Waals surface area contributed by atoms with Gasteiger partial charge in [-0.05, 0) is 47.9 Å². The summed E-state index contributed by atoms with van der Waals surface area (Å²) < 4.78 is 116. The Balaban J connectivity index is 1.87. The molecule has 0 saturated carbocycles. The molecule has 3 aromatic carbocycles. The van der Waals surface area contributed by atoms with Gasteiger partial charge in [0.05, 0.1) is 16.7 Å². The molecule has 0 saturated heterocycles. The molecule has 0 fully saturated rings. The molecule has 0 aromatic heterocycles. The molecule has 0 amide bonds. The predicted octanol–water partition coefficient (Wildman–Crippen LogP) is 8.37. The van der Waals surface area contributed by atoms with Gasteiger partial charge in [0.25, 0.3) is 0 Å². The molecule has 0 aliphatic rings. The lowest BCUT2D eigenvalue weighted by atomic mass is 9.85. The minimum absolute atomic E-state index is 0.105. The zero-order chi connectivity index (χ0) is 27.6. The number of rotatable bonds is 7. The highest BCUT2D eigenvalue weighted by molar-refractivity contribution is 5.99. The molecule has 0 atom stereocenters. The van der Waals surface area contributed by atoms with Gasteiger partial charge in [0, 0.05) is 24.0 Å². The number of carbonyl (C=O) groups is 2. The fourth-order valence-corrected chi connectivity index (χ4v) is 3.63. The van der Waals surface area contributed by atoms with Crippen molar-refractivity contribution in [3.8, 4) is 0 Å². The van der Waals surface area contributed by atoms with Crippen molar-refractivity contribution in [2.24, 2.45) is 0 Å². The van der Waals surface area contributed by atoms with Gasteiger partial charge in [-0.3, -0.25) is 9.59 Å². The van der Waals surface area contributed by atoms with E-state index in [9.17, 15) is 49.1 Å². The van der Waals surface area contributed by atoms with Crippen molar-refractivity contribution in [1.29, 1.82) is 0 Å². The van der Waals surface area contributed by atoms with Crippen molar-refractivity contribution in [3.63, 3.8) is 0 Å². The van der Waals surface area contributed by atoms with E-state index in [0.29, 0.717) is 24.3 Å². The normalized spacial score (nSPS) is 12.6. The molecular formula is C26H17F9O2. The highest BCUT2D eigenvalue weighted by Gasteiger charge is 2.33. The van der Waals surface area contributed by atoms with Crippen LogP contribution in [-0.2, 0) is 18.5 Å². The monoisotopic (exact) mass is 532 g/mol. The quantitative estimate of drug-likeness (QED) is 0.226. The van der Waals surface area contributed by atoms with E-state index >= 15 is 0 Å². The van der Waals surface area contributed by atoms with E-state index in [0.717, 1.165) is 48.5 Å². The third-order valence-electron chi connectivity index (χ3n) is 5.64. The molecule has 37 heavy (non-hydrogen) atoms. The highest BCUT2D eigenvalue weighted by Crippen LogP contribution is 2.34. The summed E-state index contributed by atoms with van der Waals surface area (Å²) in [5.41, 5.74) is -2.98. The molecular weight excluding hydrogens is 515 g/mol. The van der Waals surface area contributed by atoms with E-state index < -0.39 is 65.5 Å². The van der Waals surface area contributed by atoms with Crippen LogP contribution in [0.3, 0.4) is 0 Å². The van der Waals surface area contributed by atoms with Crippen LogP contribution in [0.5, 0.6) is 0 Å². The van der Waals surface area contributed by atoms with Crippen LogP contribution in [-0.4, -0.2) is 11.6 Å². The topological polar surface area (TPSA) is 34.1 Å².